The molecule has 1 aromatic carbocycles. The van der Waals surface area contributed by atoms with Crippen molar-refractivity contribution < 1.29 is 14.0 Å². The van der Waals surface area contributed by atoms with Crippen LogP contribution in [-0.2, 0) is 14.0 Å². The van der Waals surface area contributed by atoms with Gasteiger partial charge in [-0.2, -0.15) is 0 Å². The summed E-state index contributed by atoms with van der Waals surface area (Å²) in [5.74, 6) is -0.332. The van der Waals surface area contributed by atoms with Crippen LogP contribution in [0.3, 0.4) is 0 Å². The lowest BCUT2D eigenvalue weighted by Crippen LogP contribution is -2.41. The van der Waals surface area contributed by atoms with Gasteiger partial charge in [0.25, 0.3) is 0 Å². The lowest BCUT2D eigenvalue weighted by molar-refractivity contribution is -0.134. The van der Waals surface area contributed by atoms with Crippen molar-refractivity contribution in [1.82, 2.24) is 0 Å². The van der Waals surface area contributed by atoms with E-state index in [1.54, 1.807) is 0 Å². The van der Waals surface area contributed by atoms with E-state index in [2.05, 4.69) is 70.6 Å². The van der Waals surface area contributed by atoms with Crippen molar-refractivity contribution in [2.45, 2.75) is 65.3 Å². The first-order valence-electron chi connectivity index (χ1n) is 8.47. The second kappa shape index (κ2) is 8.12. The lowest BCUT2D eigenvalue weighted by Gasteiger charge is -2.39. The van der Waals surface area contributed by atoms with E-state index in [1.807, 2.05) is 6.08 Å². The Balaban J connectivity index is 3.11. The molecule has 3 nitrogen and oxygen atoms in total. The molecular formula is C20H32O3Si. The molecule has 0 bridgehead atoms. The van der Waals surface area contributed by atoms with Gasteiger partial charge in [-0.1, -0.05) is 56.2 Å². The Kier molecular flexibility index (Phi) is 6.99. The van der Waals surface area contributed by atoms with Crippen LogP contribution in [0.4, 0.5) is 0 Å². The second-order valence-corrected chi connectivity index (χ2v) is 12.7. The summed E-state index contributed by atoms with van der Waals surface area (Å²) in [7, 11) is -0.532. The Morgan fingerprint density at radius 3 is 2.17 bits per heavy atom. The van der Waals surface area contributed by atoms with Crippen LogP contribution >= 0.6 is 0 Å². The number of carbonyl (C=O) groups is 1. The summed E-state index contributed by atoms with van der Waals surface area (Å²) in [5, 5.41) is 0.135. The van der Waals surface area contributed by atoms with Gasteiger partial charge in [0.2, 0.25) is 0 Å². The average molecular weight is 349 g/mol. The van der Waals surface area contributed by atoms with Gasteiger partial charge >= 0.3 is 5.97 Å². The fraction of sp³-hybridized carbons (Fsp3) is 0.550. The van der Waals surface area contributed by atoms with Crippen molar-refractivity contribution in [3.63, 3.8) is 0 Å². The molecule has 0 aromatic heterocycles. The third-order valence-corrected chi connectivity index (χ3v) is 9.15. The predicted octanol–water partition coefficient (Wildman–Crippen LogP) is 5.49. The number of hydrogen-bond acceptors (Lipinski definition) is 3. The van der Waals surface area contributed by atoms with Crippen molar-refractivity contribution in [3.05, 3.63) is 47.0 Å². The number of hydrogen-bond donors (Lipinski definition) is 0. The van der Waals surface area contributed by atoms with E-state index < -0.39 is 8.32 Å². The van der Waals surface area contributed by atoms with Crippen molar-refractivity contribution in [2.75, 3.05) is 7.11 Å². The Morgan fingerprint density at radius 2 is 1.71 bits per heavy atom. The van der Waals surface area contributed by atoms with E-state index in [1.165, 1.54) is 29.9 Å². The van der Waals surface area contributed by atoms with Gasteiger partial charge in [-0.15, -0.1) is 0 Å². The number of benzene rings is 1. The molecule has 0 N–H and O–H groups in total. The molecule has 0 amide bonds. The zero-order valence-corrected chi connectivity index (χ0v) is 17.4. The van der Waals surface area contributed by atoms with E-state index in [9.17, 15) is 4.79 Å². The molecule has 0 aliphatic heterocycles. The fourth-order valence-corrected chi connectivity index (χ4v) is 3.63. The highest BCUT2D eigenvalue weighted by atomic mass is 28.4. The third-order valence-electron chi connectivity index (χ3n) is 4.66. The molecule has 1 atom stereocenters. The van der Waals surface area contributed by atoms with Crippen LogP contribution in [0.5, 0.6) is 0 Å². The monoisotopic (exact) mass is 348 g/mol. The van der Waals surface area contributed by atoms with Crippen molar-refractivity contribution >= 4 is 14.3 Å². The van der Waals surface area contributed by atoms with E-state index in [-0.39, 0.29) is 17.1 Å². The van der Waals surface area contributed by atoms with Crippen molar-refractivity contribution in [3.8, 4) is 0 Å². The first-order valence-corrected chi connectivity index (χ1v) is 11.4. The minimum absolute atomic E-state index is 0.0506. The summed E-state index contributed by atoms with van der Waals surface area (Å²) in [6, 6.07) is 6.52. The van der Waals surface area contributed by atoms with Crippen LogP contribution in [0.15, 0.2) is 30.4 Å². The largest absolute Gasteiger partial charge is 0.466 e. The van der Waals surface area contributed by atoms with Crippen LogP contribution in [0.2, 0.25) is 18.1 Å². The zero-order chi connectivity index (χ0) is 18.5. The van der Waals surface area contributed by atoms with Gasteiger partial charge in [0.1, 0.15) is 0 Å². The Labute approximate surface area is 148 Å². The molecule has 0 saturated heterocycles. The summed E-state index contributed by atoms with van der Waals surface area (Å²) in [5.41, 5.74) is 3.63. The molecule has 0 radical (unpaired) electrons. The second-order valence-electron chi connectivity index (χ2n) is 7.95. The SMILES string of the molecule is COC(=O)/C=C/CC(O[Si](C)(C)C(C)(C)C)c1cc(C)cc(C)c1. The van der Waals surface area contributed by atoms with Crippen LogP contribution in [-0.4, -0.2) is 21.4 Å². The van der Waals surface area contributed by atoms with E-state index in [0.717, 1.165) is 0 Å². The van der Waals surface area contributed by atoms with Gasteiger partial charge in [-0.25, -0.2) is 4.79 Å². The fourth-order valence-electron chi connectivity index (χ4n) is 2.34. The van der Waals surface area contributed by atoms with Gasteiger partial charge in [0.15, 0.2) is 8.32 Å². The standard InChI is InChI=1S/C20H32O3Si/c1-15-12-16(2)14-17(13-15)18(10-9-11-19(21)22-6)23-24(7,8)20(3,4)5/h9,11-14,18H,10H2,1-8H3/b11-9+. The molecule has 24 heavy (non-hydrogen) atoms. The first kappa shape index (κ1) is 20.7. The Hall–Kier alpha value is -1.39. The summed E-state index contributed by atoms with van der Waals surface area (Å²) in [6.45, 7) is 15.4. The number of carbonyl (C=O) groups excluding carboxylic acids is 1. The minimum atomic E-state index is -1.92. The molecule has 1 rings (SSSR count). The molecule has 1 aromatic rings. The molecule has 0 heterocycles. The number of aryl methyl sites for hydroxylation is 2. The molecule has 0 spiro atoms. The maximum absolute atomic E-state index is 11.3. The van der Waals surface area contributed by atoms with Crippen molar-refractivity contribution in [2.24, 2.45) is 0 Å². The number of esters is 1. The quantitative estimate of drug-likeness (QED) is 0.387. The lowest BCUT2D eigenvalue weighted by atomic mass is 10.0. The number of rotatable bonds is 6. The molecule has 0 saturated carbocycles. The number of methoxy groups -OCH3 is 1. The van der Waals surface area contributed by atoms with E-state index in [4.69, 9.17) is 4.43 Å². The molecule has 4 heteroatoms. The van der Waals surface area contributed by atoms with Gasteiger partial charge < -0.3 is 9.16 Å². The van der Waals surface area contributed by atoms with Gasteiger partial charge in [0.05, 0.1) is 13.2 Å². The maximum Gasteiger partial charge on any atom is 0.330 e. The van der Waals surface area contributed by atoms with E-state index in [0.29, 0.717) is 6.42 Å². The van der Waals surface area contributed by atoms with Crippen LogP contribution in [0.1, 0.15) is 50.0 Å². The summed E-state index contributed by atoms with van der Waals surface area (Å²) < 4.78 is 11.3. The molecule has 1 unspecified atom stereocenters. The third kappa shape index (κ3) is 5.91. The Morgan fingerprint density at radius 1 is 1.17 bits per heavy atom. The maximum atomic E-state index is 11.3. The first-order chi connectivity index (χ1) is 11.0. The van der Waals surface area contributed by atoms with Gasteiger partial charge in [-0.3, -0.25) is 0 Å². The highest BCUT2D eigenvalue weighted by Crippen LogP contribution is 2.40. The Bertz CT molecular complexity index is 577. The topological polar surface area (TPSA) is 35.5 Å². The zero-order valence-electron chi connectivity index (χ0n) is 16.4. The van der Waals surface area contributed by atoms with E-state index >= 15 is 0 Å². The summed E-state index contributed by atoms with van der Waals surface area (Å²) >= 11 is 0. The summed E-state index contributed by atoms with van der Waals surface area (Å²) in [6.07, 6.45) is 3.93. The smallest absolute Gasteiger partial charge is 0.330 e. The van der Waals surface area contributed by atoms with Gasteiger partial charge in [0, 0.05) is 6.08 Å². The molecule has 134 valence electrons. The molecule has 0 aliphatic rings. The van der Waals surface area contributed by atoms with Crippen LogP contribution in [0.25, 0.3) is 0 Å². The minimum Gasteiger partial charge on any atom is -0.466 e. The average Bonchev–Trinajstić information content (AvgIpc) is 2.43. The predicted molar refractivity (Wildman–Crippen MR) is 103 cm³/mol. The summed E-state index contributed by atoms with van der Waals surface area (Å²) in [4.78, 5) is 11.3. The van der Waals surface area contributed by atoms with Crippen LogP contribution in [0, 0.1) is 13.8 Å². The molecule has 0 fully saturated rings. The normalized spacial score (nSPS) is 14.0. The molecular weight excluding hydrogens is 316 g/mol. The number of ether oxygens (including phenoxy) is 1. The highest BCUT2D eigenvalue weighted by Gasteiger charge is 2.39. The highest BCUT2D eigenvalue weighted by molar-refractivity contribution is 6.74. The van der Waals surface area contributed by atoms with Crippen LogP contribution < -0.4 is 0 Å². The van der Waals surface area contributed by atoms with Gasteiger partial charge in [-0.05, 0) is 44.0 Å². The van der Waals surface area contributed by atoms with Crippen molar-refractivity contribution in [1.29, 1.82) is 0 Å². The molecule has 0 aliphatic carbocycles.